The molecule has 0 saturated heterocycles. The first-order chi connectivity index (χ1) is 9.18. The molecule has 4 heteroatoms. The predicted octanol–water partition coefficient (Wildman–Crippen LogP) is 3.60. The van der Waals surface area contributed by atoms with E-state index >= 15 is 0 Å². The zero-order chi connectivity index (χ0) is 15.1. The highest BCUT2D eigenvalue weighted by molar-refractivity contribution is 5.76. The molecule has 0 atom stereocenters. The number of imidazole rings is 1. The number of aromatic nitrogens is 2. The average molecular weight is 277 g/mol. The number of hydrogen-bond donors (Lipinski definition) is 1. The third-order valence-electron chi connectivity index (χ3n) is 4.33. The Morgan fingerprint density at radius 3 is 2.45 bits per heavy atom. The third-order valence-corrected chi connectivity index (χ3v) is 4.33. The van der Waals surface area contributed by atoms with Gasteiger partial charge in [-0.2, -0.15) is 0 Å². The van der Waals surface area contributed by atoms with Crippen LogP contribution in [-0.2, 0) is 12.0 Å². The van der Waals surface area contributed by atoms with Crippen molar-refractivity contribution in [3.8, 4) is 0 Å². The van der Waals surface area contributed by atoms with Crippen molar-refractivity contribution in [2.45, 2.75) is 58.5 Å². The quantitative estimate of drug-likeness (QED) is 0.928. The van der Waals surface area contributed by atoms with Crippen LogP contribution < -0.4 is 5.73 Å². The molecule has 3 nitrogen and oxygen atoms in total. The molecule has 1 aromatic carbocycles. The van der Waals surface area contributed by atoms with Gasteiger partial charge in [0.2, 0.25) is 0 Å². The Morgan fingerprint density at radius 1 is 1.25 bits per heavy atom. The molecule has 0 radical (unpaired) electrons. The molecule has 0 aliphatic carbocycles. The van der Waals surface area contributed by atoms with Gasteiger partial charge in [-0.05, 0) is 38.5 Å². The van der Waals surface area contributed by atoms with Crippen LogP contribution >= 0.6 is 0 Å². The Hall–Kier alpha value is -1.42. The molecule has 0 fully saturated rings. The van der Waals surface area contributed by atoms with Crippen LogP contribution in [0.15, 0.2) is 18.2 Å². The van der Waals surface area contributed by atoms with Gasteiger partial charge in [-0.1, -0.05) is 20.8 Å². The smallest absolute Gasteiger partial charge is 0.125 e. The van der Waals surface area contributed by atoms with E-state index < -0.39 is 5.54 Å². The van der Waals surface area contributed by atoms with Crippen LogP contribution in [0.3, 0.4) is 0 Å². The van der Waals surface area contributed by atoms with Gasteiger partial charge in [0.15, 0.2) is 0 Å². The van der Waals surface area contributed by atoms with E-state index in [1.807, 2.05) is 13.8 Å². The molecular formula is C16H24FN3. The van der Waals surface area contributed by atoms with Crippen LogP contribution in [-0.4, -0.2) is 15.1 Å². The zero-order valence-electron chi connectivity index (χ0n) is 13.0. The first kappa shape index (κ1) is 15.0. The molecule has 2 aromatic rings. The van der Waals surface area contributed by atoms with Gasteiger partial charge in [0.25, 0.3) is 0 Å². The van der Waals surface area contributed by atoms with E-state index in [0.29, 0.717) is 0 Å². The monoisotopic (exact) mass is 277 g/mol. The standard InChI is InChI=1S/C16H24FN3/c1-6-9-20-13-10-11(17)7-8-12(13)19-14(20)15(2,3)16(4,5)18/h7-8,10H,6,9,18H2,1-5H3. The lowest BCUT2D eigenvalue weighted by Crippen LogP contribution is -2.51. The van der Waals surface area contributed by atoms with Gasteiger partial charge in [0.05, 0.1) is 11.0 Å². The summed E-state index contributed by atoms with van der Waals surface area (Å²) < 4.78 is 15.6. The second kappa shape index (κ2) is 4.85. The van der Waals surface area contributed by atoms with E-state index in [4.69, 9.17) is 10.7 Å². The lowest BCUT2D eigenvalue weighted by Gasteiger charge is -2.38. The lowest BCUT2D eigenvalue weighted by molar-refractivity contribution is 0.282. The summed E-state index contributed by atoms with van der Waals surface area (Å²) in [5, 5.41) is 0. The summed E-state index contributed by atoms with van der Waals surface area (Å²) in [6.07, 6.45) is 0.968. The normalized spacial score (nSPS) is 13.2. The van der Waals surface area contributed by atoms with Crippen molar-refractivity contribution >= 4 is 11.0 Å². The van der Waals surface area contributed by atoms with E-state index in [9.17, 15) is 4.39 Å². The Morgan fingerprint density at radius 2 is 1.90 bits per heavy atom. The maximum atomic E-state index is 13.5. The van der Waals surface area contributed by atoms with Crippen LogP contribution in [0.4, 0.5) is 4.39 Å². The fourth-order valence-corrected chi connectivity index (χ4v) is 2.31. The first-order valence-electron chi connectivity index (χ1n) is 7.13. The Kier molecular flexibility index (Phi) is 3.63. The van der Waals surface area contributed by atoms with Crippen molar-refractivity contribution in [3.05, 3.63) is 29.8 Å². The summed E-state index contributed by atoms with van der Waals surface area (Å²) in [6.45, 7) is 11.1. The highest BCUT2D eigenvalue weighted by Gasteiger charge is 2.39. The van der Waals surface area contributed by atoms with Crippen molar-refractivity contribution in [2.75, 3.05) is 0 Å². The Balaban J connectivity index is 2.73. The Bertz CT molecular complexity index is 620. The Labute approximate surface area is 120 Å². The van der Waals surface area contributed by atoms with Crippen LogP contribution in [0, 0.1) is 5.82 Å². The molecule has 0 aliphatic rings. The molecule has 0 aliphatic heterocycles. The number of nitrogens with two attached hydrogens (primary N) is 1. The number of fused-ring (bicyclic) bond motifs is 1. The highest BCUT2D eigenvalue weighted by Crippen LogP contribution is 2.34. The van der Waals surface area contributed by atoms with E-state index in [1.54, 1.807) is 12.1 Å². The fraction of sp³-hybridized carbons (Fsp3) is 0.562. The summed E-state index contributed by atoms with van der Waals surface area (Å²) >= 11 is 0. The number of hydrogen-bond acceptors (Lipinski definition) is 2. The molecule has 0 unspecified atom stereocenters. The number of rotatable bonds is 4. The molecule has 110 valence electrons. The van der Waals surface area contributed by atoms with Crippen LogP contribution in [0.5, 0.6) is 0 Å². The number of benzene rings is 1. The van der Waals surface area contributed by atoms with Gasteiger partial charge >= 0.3 is 0 Å². The van der Waals surface area contributed by atoms with E-state index in [0.717, 1.165) is 29.8 Å². The first-order valence-corrected chi connectivity index (χ1v) is 7.13. The maximum absolute atomic E-state index is 13.5. The minimum Gasteiger partial charge on any atom is -0.327 e. The number of nitrogens with zero attached hydrogens (tertiary/aromatic N) is 2. The van der Waals surface area contributed by atoms with Gasteiger partial charge in [0.1, 0.15) is 11.6 Å². The number of halogens is 1. The average Bonchev–Trinajstić information content (AvgIpc) is 2.67. The van der Waals surface area contributed by atoms with Crippen molar-refractivity contribution in [1.29, 1.82) is 0 Å². The van der Waals surface area contributed by atoms with Crippen LogP contribution in [0.1, 0.15) is 46.9 Å². The SMILES string of the molecule is CCCn1c(C(C)(C)C(C)(C)N)nc2ccc(F)cc21. The van der Waals surface area contributed by atoms with Crippen molar-refractivity contribution in [2.24, 2.45) is 5.73 Å². The summed E-state index contributed by atoms with van der Waals surface area (Å²) in [5.74, 6) is 0.693. The third kappa shape index (κ3) is 2.33. The maximum Gasteiger partial charge on any atom is 0.125 e. The predicted molar refractivity (Wildman–Crippen MR) is 81.3 cm³/mol. The molecule has 0 amide bonds. The summed E-state index contributed by atoms with van der Waals surface area (Å²) in [5.41, 5.74) is 7.28. The summed E-state index contributed by atoms with van der Waals surface area (Å²) in [4.78, 5) is 4.73. The molecule has 0 spiro atoms. The van der Waals surface area contributed by atoms with Crippen LogP contribution in [0.25, 0.3) is 11.0 Å². The summed E-state index contributed by atoms with van der Waals surface area (Å²) in [6, 6.07) is 4.75. The molecule has 2 N–H and O–H groups in total. The largest absolute Gasteiger partial charge is 0.327 e. The second-order valence-corrected chi connectivity index (χ2v) is 6.57. The van der Waals surface area contributed by atoms with Crippen molar-refractivity contribution in [1.82, 2.24) is 9.55 Å². The molecule has 0 saturated carbocycles. The molecule has 2 rings (SSSR count). The van der Waals surface area contributed by atoms with Crippen molar-refractivity contribution in [3.63, 3.8) is 0 Å². The van der Waals surface area contributed by atoms with Crippen LogP contribution in [0.2, 0.25) is 0 Å². The van der Waals surface area contributed by atoms with E-state index in [1.165, 1.54) is 6.07 Å². The van der Waals surface area contributed by atoms with E-state index in [2.05, 4.69) is 25.3 Å². The summed E-state index contributed by atoms with van der Waals surface area (Å²) in [7, 11) is 0. The molecule has 1 heterocycles. The van der Waals surface area contributed by atoms with Gasteiger partial charge in [-0.25, -0.2) is 9.37 Å². The lowest BCUT2D eigenvalue weighted by atomic mass is 9.74. The molecule has 20 heavy (non-hydrogen) atoms. The van der Waals surface area contributed by atoms with Gasteiger partial charge in [-0.3, -0.25) is 0 Å². The highest BCUT2D eigenvalue weighted by atomic mass is 19.1. The minimum atomic E-state index is -0.418. The van der Waals surface area contributed by atoms with Gasteiger partial charge in [-0.15, -0.1) is 0 Å². The van der Waals surface area contributed by atoms with E-state index in [-0.39, 0.29) is 11.2 Å². The second-order valence-electron chi connectivity index (χ2n) is 6.57. The number of aryl methyl sites for hydroxylation is 1. The molecular weight excluding hydrogens is 253 g/mol. The minimum absolute atomic E-state index is 0.230. The fourth-order valence-electron chi connectivity index (χ4n) is 2.31. The molecule has 1 aromatic heterocycles. The van der Waals surface area contributed by atoms with Gasteiger partial charge < -0.3 is 10.3 Å². The topological polar surface area (TPSA) is 43.8 Å². The molecule has 0 bridgehead atoms. The van der Waals surface area contributed by atoms with Gasteiger partial charge in [0, 0.05) is 17.5 Å². The zero-order valence-corrected chi connectivity index (χ0v) is 13.0. The van der Waals surface area contributed by atoms with Crippen molar-refractivity contribution < 1.29 is 4.39 Å².